The standard InChI is InChI=1S/C33H48N4O6/c1-22-14-16-23(17-15-22)36(32(42)43-33(2,3)4)20-9-7-5-6-8-13-28(38)34-26-12-10-11-24-25(26)21-37(31(24)41)27-18-19-29(39)35-30(27)40/h10-12,22-23,27H,5-9,13-21H2,1-4H3,(H,34,38)(H,35,39,40)/t22-,23+,27?. The molecule has 5 amide bonds. The largest absolute Gasteiger partial charge is 0.444 e. The molecule has 2 fully saturated rings. The van der Waals surface area contributed by atoms with E-state index in [-0.39, 0.29) is 42.8 Å². The number of benzene rings is 1. The number of fused-ring (bicyclic) bond motifs is 1. The van der Waals surface area contributed by atoms with Crippen molar-refractivity contribution in [3.05, 3.63) is 29.3 Å². The molecule has 0 radical (unpaired) electrons. The lowest BCUT2D eigenvalue weighted by atomic mass is 9.86. The lowest BCUT2D eigenvalue weighted by Gasteiger charge is -2.37. The fraction of sp³-hybridized carbons (Fsp3) is 0.667. The van der Waals surface area contributed by atoms with E-state index in [1.54, 1.807) is 18.2 Å². The van der Waals surface area contributed by atoms with Gasteiger partial charge in [0.15, 0.2) is 0 Å². The maximum Gasteiger partial charge on any atom is 0.410 e. The number of carbonyl (C=O) groups is 5. The third-order valence-electron chi connectivity index (χ3n) is 8.71. The van der Waals surface area contributed by atoms with Gasteiger partial charge in [0.2, 0.25) is 17.7 Å². The molecule has 2 aliphatic heterocycles. The van der Waals surface area contributed by atoms with Crippen LogP contribution in [-0.4, -0.2) is 63.8 Å². The van der Waals surface area contributed by atoms with Gasteiger partial charge >= 0.3 is 6.09 Å². The minimum absolute atomic E-state index is 0.108. The van der Waals surface area contributed by atoms with Crippen molar-refractivity contribution in [1.82, 2.24) is 15.1 Å². The Morgan fingerprint density at radius 3 is 2.40 bits per heavy atom. The first-order valence-electron chi connectivity index (χ1n) is 16.0. The van der Waals surface area contributed by atoms with E-state index in [4.69, 9.17) is 4.74 Å². The molecule has 10 heteroatoms. The van der Waals surface area contributed by atoms with Crippen LogP contribution in [0.15, 0.2) is 18.2 Å². The maximum atomic E-state index is 13.0. The van der Waals surface area contributed by atoms with Crippen LogP contribution < -0.4 is 10.6 Å². The van der Waals surface area contributed by atoms with Crippen molar-refractivity contribution in [2.75, 3.05) is 11.9 Å². The quantitative estimate of drug-likeness (QED) is 0.255. The number of imide groups is 1. The molecule has 1 aromatic carbocycles. The Kier molecular flexibility index (Phi) is 10.8. The highest BCUT2D eigenvalue weighted by molar-refractivity contribution is 6.06. The predicted molar refractivity (Wildman–Crippen MR) is 163 cm³/mol. The highest BCUT2D eigenvalue weighted by atomic mass is 16.6. The topological polar surface area (TPSA) is 125 Å². The Morgan fingerprint density at radius 1 is 1.00 bits per heavy atom. The summed E-state index contributed by atoms with van der Waals surface area (Å²) in [6, 6.07) is 4.78. The Morgan fingerprint density at radius 2 is 1.70 bits per heavy atom. The van der Waals surface area contributed by atoms with Crippen LogP contribution in [0.4, 0.5) is 10.5 Å². The van der Waals surface area contributed by atoms with Crippen LogP contribution in [0.5, 0.6) is 0 Å². The maximum absolute atomic E-state index is 13.0. The summed E-state index contributed by atoms with van der Waals surface area (Å²) in [4.78, 5) is 66.0. The van der Waals surface area contributed by atoms with Gasteiger partial charge in [-0.1, -0.05) is 32.3 Å². The van der Waals surface area contributed by atoms with Crippen LogP contribution in [-0.2, 0) is 25.7 Å². The van der Waals surface area contributed by atoms with E-state index in [1.165, 1.54) is 4.90 Å². The van der Waals surface area contributed by atoms with E-state index >= 15 is 0 Å². The number of piperidine rings is 1. The zero-order valence-corrected chi connectivity index (χ0v) is 26.2. The molecule has 4 rings (SSSR count). The van der Waals surface area contributed by atoms with Crippen molar-refractivity contribution < 1.29 is 28.7 Å². The number of nitrogens with zero attached hydrogens (tertiary/aromatic N) is 2. The Hall–Kier alpha value is -3.43. The van der Waals surface area contributed by atoms with Gasteiger partial charge in [0.25, 0.3) is 5.91 Å². The summed E-state index contributed by atoms with van der Waals surface area (Å²) in [6.07, 6.45) is 9.54. The van der Waals surface area contributed by atoms with Crippen molar-refractivity contribution in [2.24, 2.45) is 5.92 Å². The molecule has 43 heavy (non-hydrogen) atoms. The highest BCUT2D eigenvalue weighted by Gasteiger charge is 2.40. The molecule has 0 aromatic heterocycles. The summed E-state index contributed by atoms with van der Waals surface area (Å²) in [6.45, 7) is 8.91. The molecule has 1 aromatic rings. The van der Waals surface area contributed by atoms with Gasteiger partial charge in [-0.25, -0.2) is 4.79 Å². The van der Waals surface area contributed by atoms with Gasteiger partial charge in [0.05, 0.1) is 0 Å². The lowest BCUT2D eigenvalue weighted by Crippen LogP contribution is -2.52. The normalized spacial score (nSPS) is 22.2. The molecule has 1 saturated heterocycles. The van der Waals surface area contributed by atoms with E-state index in [9.17, 15) is 24.0 Å². The first-order chi connectivity index (χ1) is 20.4. The van der Waals surface area contributed by atoms with Crippen LogP contribution >= 0.6 is 0 Å². The third-order valence-corrected chi connectivity index (χ3v) is 8.71. The molecular formula is C33H48N4O6. The van der Waals surface area contributed by atoms with Gasteiger partial charge in [-0.3, -0.25) is 24.5 Å². The number of ether oxygens (including phenoxy) is 1. The molecule has 3 aliphatic rings. The van der Waals surface area contributed by atoms with Crippen molar-refractivity contribution >= 4 is 35.4 Å². The fourth-order valence-corrected chi connectivity index (χ4v) is 6.31. The molecule has 2 N–H and O–H groups in total. The van der Waals surface area contributed by atoms with Crippen molar-refractivity contribution in [3.8, 4) is 0 Å². The number of unbranched alkanes of at least 4 members (excludes halogenated alkanes) is 4. The van der Waals surface area contributed by atoms with Crippen molar-refractivity contribution in [3.63, 3.8) is 0 Å². The van der Waals surface area contributed by atoms with E-state index in [0.29, 0.717) is 42.1 Å². The highest BCUT2D eigenvalue weighted by Crippen LogP contribution is 2.33. The predicted octanol–water partition coefficient (Wildman–Crippen LogP) is 5.54. The van der Waals surface area contributed by atoms with Gasteiger partial charge in [0.1, 0.15) is 11.6 Å². The fourth-order valence-electron chi connectivity index (χ4n) is 6.31. The Bertz CT molecular complexity index is 1200. The molecule has 0 spiro atoms. The summed E-state index contributed by atoms with van der Waals surface area (Å²) in [7, 11) is 0. The molecular weight excluding hydrogens is 548 g/mol. The monoisotopic (exact) mass is 596 g/mol. The molecule has 0 bridgehead atoms. The van der Waals surface area contributed by atoms with E-state index in [2.05, 4.69) is 17.6 Å². The zero-order valence-electron chi connectivity index (χ0n) is 26.2. The average Bonchev–Trinajstić information content (AvgIpc) is 3.27. The van der Waals surface area contributed by atoms with Gasteiger partial charge in [0, 0.05) is 48.8 Å². The number of nitrogens with one attached hydrogen (secondary N) is 2. The van der Waals surface area contributed by atoms with Crippen molar-refractivity contribution in [1.29, 1.82) is 0 Å². The van der Waals surface area contributed by atoms with Crippen molar-refractivity contribution in [2.45, 2.75) is 129 Å². The second kappa shape index (κ2) is 14.4. The summed E-state index contributed by atoms with van der Waals surface area (Å²) in [5, 5.41) is 5.27. The average molecular weight is 597 g/mol. The smallest absolute Gasteiger partial charge is 0.410 e. The lowest BCUT2D eigenvalue weighted by molar-refractivity contribution is -0.137. The van der Waals surface area contributed by atoms with Gasteiger partial charge in [-0.2, -0.15) is 0 Å². The molecule has 1 saturated carbocycles. The summed E-state index contributed by atoms with van der Waals surface area (Å²) < 4.78 is 5.72. The molecule has 1 atom stereocenters. The van der Waals surface area contributed by atoms with Crippen LogP contribution in [0.25, 0.3) is 0 Å². The minimum Gasteiger partial charge on any atom is -0.444 e. The number of hydrogen-bond acceptors (Lipinski definition) is 6. The van der Waals surface area contributed by atoms with Crippen LogP contribution in [0, 0.1) is 5.92 Å². The first-order valence-corrected chi connectivity index (χ1v) is 16.0. The van der Waals surface area contributed by atoms with Crippen LogP contribution in [0.3, 0.4) is 0 Å². The molecule has 1 unspecified atom stereocenters. The van der Waals surface area contributed by atoms with E-state index in [0.717, 1.165) is 57.8 Å². The minimum atomic E-state index is -0.691. The molecule has 1 aliphatic carbocycles. The second-order valence-corrected chi connectivity index (χ2v) is 13.4. The number of rotatable bonds is 11. The van der Waals surface area contributed by atoms with E-state index in [1.807, 2.05) is 25.7 Å². The molecule has 2 heterocycles. The van der Waals surface area contributed by atoms with Gasteiger partial charge in [-0.05, 0) is 83.8 Å². The second-order valence-electron chi connectivity index (χ2n) is 13.4. The van der Waals surface area contributed by atoms with Gasteiger partial charge in [-0.15, -0.1) is 0 Å². The third kappa shape index (κ3) is 8.80. The molecule has 10 nitrogen and oxygen atoms in total. The zero-order chi connectivity index (χ0) is 31.1. The Balaban J connectivity index is 1.19. The number of amides is 5. The number of hydrogen-bond donors (Lipinski definition) is 2. The number of carbonyl (C=O) groups excluding carboxylic acids is 5. The summed E-state index contributed by atoms with van der Waals surface area (Å²) in [5.74, 6) is -0.432. The molecule has 236 valence electrons. The summed E-state index contributed by atoms with van der Waals surface area (Å²) >= 11 is 0. The van der Waals surface area contributed by atoms with E-state index < -0.39 is 17.6 Å². The van der Waals surface area contributed by atoms with Crippen LogP contribution in [0.2, 0.25) is 0 Å². The first kappa shape index (κ1) is 32.5. The summed E-state index contributed by atoms with van der Waals surface area (Å²) in [5.41, 5.74) is 1.25. The van der Waals surface area contributed by atoms with Crippen LogP contribution in [0.1, 0.15) is 121 Å². The Labute approximate surface area is 255 Å². The van der Waals surface area contributed by atoms with Gasteiger partial charge < -0.3 is 19.9 Å². The number of anilines is 1. The SMILES string of the molecule is CC(C)(C)OC(=O)N(CCCCCCCC(=O)Nc1cccc2c1CN(C1CCC(=O)NC1=O)C2=O)[C@H]1CC[C@@H](C)CC1.